The van der Waals surface area contributed by atoms with Crippen LogP contribution in [0.5, 0.6) is 0 Å². The zero-order chi connectivity index (χ0) is 14.0. The van der Waals surface area contributed by atoms with Crippen molar-refractivity contribution in [2.75, 3.05) is 7.05 Å². The summed E-state index contributed by atoms with van der Waals surface area (Å²) in [6.07, 6.45) is 0. The second kappa shape index (κ2) is 5.80. The molecule has 0 aromatic heterocycles. The molecule has 0 bridgehead atoms. The second-order valence-electron chi connectivity index (χ2n) is 4.43. The van der Waals surface area contributed by atoms with Gasteiger partial charge in [-0.2, -0.15) is 0 Å². The first-order chi connectivity index (χ1) is 9.01. The predicted octanol–water partition coefficient (Wildman–Crippen LogP) is 4.34. The molecule has 0 saturated carbocycles. The van der Waals surface area contributed by atoms with Gasteiger partial charge in [-0.3, -0.25) is 0 Å². The van der Waals surface area contributed by atoms with Crippen LogP contribution in [0.1, 0.15) is 22.7 Å². The third kappa shape index (κ3) is 3.19. The van der Waals surface area contributed by atoms with Crippen LogP contribution in [-0.4, -0.2) is 7.05 Å². The minimum absolute atomic E-state index is 0.248. The molecule has 0 radical (unpaired) electrons. The van der Waals surface area contributed by atoms with Gasteiger partial charge in [0.1, 0.15) is 11.6 Å². The molecule has 0 amide bonds. The fourth-order valence-corrected chi connectivity index (χ4v) is 2.54. The van der Waals surface area contributed by atoms with E-state index in [9.17, 15) is 8.78 Å². The van der Waals surface area contributed by atoms with Crippen molar-refractivity contribution < 1.29 is 8.78 Å². The van der Waals surface area contributed by atoms with E-state index in [2.05, 4.69) is 21.2 Å². The first kappa shape index (κ1) is 14.2. The molecule has 1 atom stereocenters. The monoisotopic (exact) mass is 325 g/mol. The fourth-order valence-electron chi connectivity index (χ4n) is 2.06. The van der Waals surface area contributed by atoms with Crippen molar-refractivity contribution in [2.24, 2.45) is 0 Å². The Labute approximate surface area is 119 Å². The summed E-state index contributed by atoms with van der Waals surface area (Å²) in [5.41, 5.74) is 2.11. The molecule has 0 aliphatic rings. The fraction of sp³-hybridized carbons (Fsp3) is 0.200. The lowest BCUT2D eigenvalue weighted by Gasteiger charge is -2.18. The summed E-state index contributed by atoms with van der Waals surface area (Å²) < 4.78 is 27.8. The topological polar surface area (TPSA) is 12.0 Å². The lowest BCUT2D eigenvalue weighted by molar-refractivity contribution is 0.603. The van der Waals surface area contributed by atoms with Crippen molar-refractivity contribution in [3.63, 3.8) is 0 Å². The maximum atomic E-state index is 13.6. The molecular weight excluding hydrogens is 312 g/mol. The Kier molecular flexibility index (Phi) is 4.32. The van der Waals surface area contributed by atoms with Crippen LogP contribution < -0.4 is 5.32 Å². The molecule has 0 fully saturated rings. The molecule has 1 nitrogen and oxygen atoms in total. The van der Waals surface area contributed by atoms with E-state index in [1.54, 1.807) is 20.0 Å². The van der Waals surface area contributed by atoms with Crippen molar-refractivity contribution in [1.29, 1.82) is 0 Å². The average Bonchev–Trinajstić information content (AvgIpc) is 2.33. The van der Waals surface area contributed by atoms with E-state index in [0.29, 0.717) is 10.0 Å². The van der Waals surface area contributed by atoms with Gasteiger partial charge in [0, 0.05) is 4.47 Å². The number of rotatable bonds is 3. The summed E-state index contributed by atoms with van der Waals surface area (Å²) in [5, 5.41) is 3.08. The standard InChI is InChI=1S/C15H14BrF2N/c1-9-3-4-10(7-14(9)18)15(19-2)11-5-12(16)8-13(17)6-11/h3-8,15,19H,1-2H3. The lowest BCUT2D eigenvalue weighted by atomic mass is 9.97. The van der Waals surface area contributed by atoms with Crippen LogP contribution in [0.2, 0.25) is 0 Å². The minimum atomic E-state index is -0.322. The Hall–Kier alpha value is -1.26. The van der Waals surface area contributed by atoms with Gasteiger partial charge in [0.25, 0.3) is 0 Å². The molecule has 1 unspecified atom stereocenters. The van der Waals surface area contributed by atoms with Crippen LogP contribution in [0.25, 0.3) is 0 Å². The Morgan fingerprint density at radius 3 is 2.37 bits per heavy atom. The lowest BCUT2D eigenvalue weighted by Crippen LogP contribution is -2.18. The molecule has 2 aromatic carbocycles. The molecule has 0 aliphatic carbocycles. The van der Waals surface area contributed by atoms with Crippen LogP contribution in [0.15, 0.2) is 40.9 Å². The SMILES string of the molecule is CNC(c1cc(F)cc(Br)c1)c1ccc(C)c(F)c1. The van der Waals surface area contributed by atoms with E-state index < -0.39 is 0 Å². The zero-order valence-corrected chi connectivity index (χ0v) is 12.3. The van der Waals surface area contributed by atoms with Crippen LogP contribution in [-0.2, 0) is 0 Å². The third-order valence-electron chi connectivity index (χ3n) is 3.04. The molecule has 19 heavy (non-hydrogen) atoms. The van der Waals surface area contributed by atoms with Crippen LogP contribution >= 0.6 is 15.9 Å². The number of aryl methyl sites for hydroxylation is 1. The van der Waals surface area contributed by atoms with Crippen molar-refractivity contribution in [3.8, 4) is 0 Å². The van der Waals surface area contributed by atoms with Gasteiger partial charge in [0.15, 0.2) is 0 Å². The molecule has 0 spiro atoms. The van der Waals surface area contributed by atoms with Gasteiger partial charge in [-0.1, -0.05) is 28.1 Å². The first-order valence-corrected chi connectivity index (χ1v) is 6.70. The van der Waals surface area contributed by atoms with Crippen molar-refractivity contribution in [2.45, 2.75) is 13.0 Å². The van der Waals surface area contributed by atoms with E-state index in [-0.39, 0.29) is 17.7 Å². The van der Waals surface area contributed by atoms with E-state index in [0.717, 1.165) is 11.1 Å². The van der Waals surface area contributed by atoms with Crippen molar-refractivity contribution >= 4 is 15.9 Å². The Bertz CT molecular complexity index is 578. The second-order valence-corrected chi connectivity index (χ2v) is 5.35. The van der Waals surface area contributed by atoms with Crippen LogP contribution in [0.4, 0.5) is 8.78 Å². The molecule has 2 aromatic rings. The maximum Gasteiger partial charge on any atom is 0.126 e. The highest BCUT2D eigenvalue weighted by atomic mass is 79.9. The van der Waals surface area contributed by atoms with Crippen LogP contribution in [0.3, 0.4) is 0 Å². The number of nitrogens with one attached hydrogen (secondary N) is 1. The van der Waals surface area contributed by atoms with Gasteiger partial charge in [-0.15, -0.1) is 0 Å². The van der Waals surface area contributed by atoms with Crippen molar-refractivity contribution in [1.82, 2.24) is 5.32 Å². The Morgan fingerprint density at radius 1 is 1.05 bits per heavy atom. The van der Waals surface area contributed by atoms with Gasteiger partial charge in [0.05, 0.1) is 6.04 Å². The molecule has 2 rings (SSSR count). The minimum Gasteiger partial charge on any atom is -0.309 e. The van der Waals surface area contributed by atoms with E-state index in [1.807, 2.05) is 12.1 Å². The Balaban J connectivity index is 2.46. The summed E-state index contributed by atoms with van der Waals surface area (Å²) >= 11 is 3.27. The van der Waals surface area contributed by atoms with Gasteiger partial charge < -0.3 is 5.32 Å². The molecular formula is C15H14BrF2N. The number of benzene rings is 2. The van der Waals surface area contributed by atoms with E-state index in [1.165, 1.54) is 18.2 Å². The molecule has 4 heteroatoms. The van der Waals surface area contributed by atoms with E-state index in [4.69, 9.17) is 0 Å². The zero-order valence-electron chi connectivity index (χ0n) is 10.7. The van der Waals surface area contributed by atoms with Gasteiger partial charge in [-0.25, -0.2) is 8.78 Å². The predicted molar refractivity (Wildman–Crippen MR) is 76.1 cm³/mol. The summed E-state index contributed by atoms with van der Waals surface area (Å²) in [6.45, 7) is 1.71. The molecule has 0 heterocycles. The summed E-state index contributed by atoms with van der Waals surface area (Å²) in [7, 11) is 1.77. The van der Waals surface area contributed by atoms with Gasteiger partial charge in [-0.05, 0) is 54.9 Å². The highest BCUT2D eigenvalue weighted by Crippen LogP contribution is 2.26. The first-order valence-electron chi connectivity index (χ1n) is 5.90. The molecule has 0 saturated heterocycles. The third-order valence-corrected chi connectivity index (χ3v) is 3.49. The smallest absolute Gasteiger partial charge is 0.126 e. The summed E-state index contributed by atoms with van der Waals surface area (Å²) in [5.74, 6) is -0.578. The maximum absolute atomic E-state index is 13.6. The van der Waals surface area contributed by atoms with E-state index >= 15 is 0 Å². The van der Waals surface area contributed by atoms with Gasteiger partial charge >= 0.3 is 0 Å². The number of hydrogen-bond acceptors (Lipinski definition) is 1. The highest BCUT2D eigenvalue weighted by molar-refractivity contribution is 9.10. The molecule has 0 aliphatic heterocycles. The van der Waals surface area contributed by atoms with Crippen molar-refractivity contribution in [3.05, 3.63) is 69.2 Å². The number of halogens is 3. The van der Waals surface area contributed by atoms with Crippen LogP contribution in [0, 0.1) is 18.6 Å². The molecule has 100 valence electrons. The average molecular weight is 326 g/mol. The van der Waals surface area contributed by atoms with Gasteiger partial charge in [0.2, 0.25) is 0 Å². The molecule has 1 N–H and O–H groups in total. The quantitative estimate of drug-likeness (QED) is 0.884. The highest BCUT2D eigenvalue weighted by Gasteiger charge is 2.14. The number of hydrogen-bond donors (Lipinski definition) is 1. The summed E-state index contributed by atoms with van der Waals surface area (Å²) in [4.78, 5) is 0. The normalized spacial score (nSPS) is 12.5. The summed E-state index contributed by atoms with van der Waals surface area (Å²) in [6, 6.07) is 9.47. The largest absolute Gasteiger partial charge is 0.309 e. The Morgan fingerprint density at radius 2 is 1.79 bits per heavy atom.